The SMILES string of the molecule is [Zr][NH]C12CC3CC(CC(C3)C1)C2.c1ccc(-c2ccccc2)cc1. The third kappa shape index (κ3) is 3.61. The zero-order valence-electron chi connectivity index (χ0n) is 14.2. The molecule has 0 unspecified atom stereocenters. The molecule has 6 rings (SSSR count). The van der Waals surface area contributed by atoms with Crippen LogP contribution in [0.5, 0.6) is 0 Å². The van der Waals surface area contributed by atoms with Crippen LogP contribution in [0.4, 0.5) is 0 Å². The van der Waals surface area contributed by atoms with Gasteiger partial charge in [-0.15, -0.1) is 0 Å². The van der Waals surface area contributed by atoms with Crippen molar-refractivity contribution in [1.82, 2.24) is 3.26 Å². The van der Waals surface area contributed by atoms with Gasteiger partial charge >= 0.3 is 90.1 Å². The van der Waals surface area contributed by atoms with Gasteiger partial charge in [0.1, 0.15) is 0 Å². The van der Waals surface area contributed by atoms with E-state index in [1.165, 1.54) is 30.4 Å². The van der Waals surface area contributed by atoms with E-state index in [9.17, 15) is 0 Å². The van der Waals surface area contributed by atoms with E-state index >= 15 is 0 Å². The van der Waals surface area contributed by atoms with Gasteiger partial charge in [-0.3, -0.25) is 0 Å². The van der Waals surface area contributed by atoms with Crippen LogP contribution in [-0.2, 0) is 25.0 Å². The molecule has 0 atom stereocenters. The van der Waals surface area contributed by atoms with Crippen molar-refractivity contribution >= 4 is 0 Å². The summed E-state index contributed by atoms with van der Waals surface area (Å²) in [4.78, 5) is 0. The van der Waals surface area contributed by atoms with Crippen molar-refractivity contribution in [1.29, 1.82) is 0 Å². The van der Waals surface area contributed by atoms with Crippen molar-refractivity contribution in [2.24, 2.45) is 17.8 Å². The number of hydrogen-bond acceptors (Lipinski definition) is 1. The first kappa shape index (κ1) is 16.7. The largest absolute Gasteiger partial charge is 0.0622 e. The molecular formula is C22H26NZr. The van der Waals surface area contributed by atoms with Gasteiger partial charge in [-0.2, -0.15) is 0 Å². The van der Waals surface area contributed by atoms with Gasteiger partial charge in [0.2, 0.25) is 0 Å². The number of rotatable bonds is 2. The predicted octanol–water partition coefficient (Wildman–Crippen LogP) is 5.36. The molecule has 1 nitrogen and oxygen atoms in total. The van der Waals surface area contributed by atoms with Crippen LogP contribution in [0.3, 0.4) is 0 Å². The van der Waals surface area contributed by atoms with E-state index in [0.29, 0.717) is 5.54 Å². The monoisotopic (exact) mass is 394 g/mol. The van der Waals surface area contributed by atoms with Crippen LogP contribution in [0.15, 0.2) is 60.7 Å². The maximum Gasteiger partial charge on any atom is -0.0184 e. The second kappa shape index (κ2) is 7.26. The summed E-state index contributed by atoms with van der Waals surface area (Å²) in [5, 5.41) is 0. The second-order valence-electron chi connectivity index (χ2n) is 8.05. The minimum absolute atomic E-state index is 0.632. The summed E-state index contributed by atoms with van der Waals surface area (Å²) < 4.78 is 3.70. The second-order valence-corrected chi connectivity index (χ2v) is 8.67. The van der Waals surface area contributed by atoms with Crippen LogP contribution in [0.25, 0.3) is 11.1 Å². The number of benzene rings is 2. The van der Waals surface area contributed by atoms with E-state index in [1.807, 2.05) is 12.1 Å². The molecule has 24 heavy (non-hydrogen) atoms. The Morgan fingerprint density at radius 1 is 0.667 bits per heavy atom. The van der Waals surface area contributed by atoms with E-state index < -0.39 is 0 Å². The summed E-state index contributed by atoms with van der Waals surface area (Å²) in [7, 11) is 0. The molecule has 0 amide bonds. The van der Waals surface area contributed by atoms with Crippen molar-refractivity contribution in [3.05, 3.63) is 60.7 Å². The molecule has 2 aromatic carbocycles. The fourth-order valence-corrected chi connectivity index (χ4v) is 6.28. The van der Waals surface area contributed by atoms with Gasteiger partial charge in [-0.1, -0.05) is 60.7 Å². The molecule has 4 aliphatic rings. The zero-order chi connectivity index (χ0) is 16.4. The summed E-state index contributed by atoms with van der Waals surface area (Å²) in [5.74, 6) is 3.30. The minimum Gasteiger partial charge on any atom is -0.0622 e. The van der Waals surface area contributed by atoms with Crippen molar-refractivity contribution in [2.75, 3.05) is 0 Å². The molecule has 123 valence electrons. The molecule has 0 aromatic heterocycles. The smallest absolute Gasteiger partial charge is 0.0184 e. The van der Waals surface area contributed by atoms with Crippen molar-refractivity contribution in [3.63, 3.8) is 0 Å². The van der Waals surface area contributed by atoms with Gasteiger partial charge in [-0.05, 0) is 11.1 Å². The third-order valence-corrected chi connectivity index (χ3v) is 7.49. The van der Waals surface area contributed by atoms with Crippen LogP contribution in [0.2, 0.25) is 0 Å². The summed E-state index contributed by atoms with van der Waals surface area (Å²) in [5.41, 5.74) is 3.18. The molecule has 4 fully saturated rings. The molecule has 0 aliphatic heterocycles. The van der Waals surface area contributed by atoms with E-state index in [0.717, 1.165) is 17.8 Å². The van der Waals surface area contributed by atoms with Gasteiger partial charge < -0.3 is 0 Å². The predicted molar refractivity (Wildman–Crippen MR) is 95.9 cm³/mol. The topological polar surface area (TPSA) is 12.0 Å². The molecule has 2 aromatic rings. The van der Waals surface area contributed by atoms with Gasteiger partial charge in [0.15, 0.2) is 0 Å². The minimum atomic E-state index is 0.632. The molecule has 4 bridgehead atoms. The van der Waals surface area contributed by atoms with Gasteiger partial charge in [0.05, 0.1) is 0 Å². The van der Waals surface area contributed by atoms with Gasteiger partial charge in [-0.25, -0.2) is 0 Å². The summed E-state index contributed by atoms with van der Waals surface area (Å²) in [6, 6.07) is 20.8. The fourth-order valence-electron chi connectivity index (χ4n) is 5.52. The van der Waals surface area contributed by atoms with E-state index in [1.54, 1.807) is 44.3 Å². The molecule has 0 radical (unpaired) electrons. The van der Waals surface area contributed by atoms with Crippen LogP contribution >= 0.6 is 0 Å². The Kier molecular flexibility index (Phi) is 5.06. The number of nitrogens with one attached hydrogen (secondary N) is 1. The normalized spacial score (nSPS) is 32.9. The molecule has 0 saturated heterocycles. The molecule has 4 aliphatic carbocycles. The maximum absolute atomic E-state index is 3.70. The molecule has 1 N–H and O–H groups in total. The maximum atomic E-state index is 3.70. The Labute approximate surface area is 161 Å². The summed E-state index contributed by atoms with van der Waals surface area (Å²) in [6.45, 7) is 0. The summed E-state index contributed by atoms with van der Waals surface area (Å²) >= 11 is 1.54. The van der Waals surface area contributed by atoms with E-state index in [-0.39, 0.29) is 0 Å². The average Bonchev–Trinajstić information content (AvgIpc) is 2.63. The Hall–Kier alpha value is -0.717. The first-order chi connectivity index (χ1) is 11.8. The quantitative estimate of drug-likeness (QED) is 0.722. The molecule has 0 heterocycles. The van der Waals surface area contributed by atoms with Gasteiger partial charge in [0.25, 0.3) is 0 Å². The first-order valence-corrected chi connectivity index (χ1v) is 10.5. The summed E-state index contributed by atoms with van der Waals surface area (Å²) in [6.07, 6.45) is 9.21. The number of hydrogen-bond donors (Lipinski definition) is 1. The molecule has 0 spiro atoms. The molecule has 2 heteroatoms. The van der Waals surface area contributed by atoms with Crippen LogP contribution in [0.1, 0.15) is 38.5 Å². The molecule has 4 saturated carbocycles. The van der Waals surface area contributed by atoms with Crippen molar-refractivity contribution in [3.8, 4) is 11.1 Å². The van der Waals surface area contributed by atoms with Crippen LogP contribution < -0.4 is 3.26 Å². The van der Waals surface area contributed by atoms with E-state index in [2.05, 4.69) is 51.8 Å². The third-order valence-electron chi connectivity index (χ3n) is 6.18. The van der Waals surface area contributed by atoms with Gasteiger partial charge in [0, 0.05) is 0 Å². The Bertz CT molecular complexity index is 579. The van der Waals surface area contributed by atoms with Crippen LogP contribution in [-0.4, -0.2) is 5.54 Å². The Morgan fingerprint density at radius 3 is 1.38 bits per heavy atom. The molecular weight excluding hydrogens is 369 g/mol. The van der Waals surface area contributed by atoms with Crippen LogP contribution in [0, 0.1) is 17.8 Å². The van der Waals surface area contributed by atoms with E-state index in [4.69, 9.17) is 0 Å². The zero-order valence-corrected chi connectivity index (χ0v) is 16.7. The van der Waals surface area contributed by atoms with Crippen molar-refractivity contribution < 1.29 is 25.0 Å². The Morgan fingerprint density at radius 2 is 1.04 bits per heavy atom. The first-order valence-electron chi connectivity index (χ1n) is 9.31. The average molecular weight is 396 g/mol. The Balaban J connectivity index is 0.000000121. The fraction of sp³-hybridized carbons (Fsp3) is 0.455. The standard InChI is InChI=1S/C12H10.C10H16N.Zr/c1-3-7-11(8-4-1)12-9-5-2-6-10-12;11-10-4-7-1-8(5-10)3-9(2-7)6-10;/h1-10H;7-9,11H,1-6H2;/q;-1;+1. The van der Waals surface area contributed by atoms with Crippen molar-refractivity contribution in [2.45, 2.75) is 44.1 Å².